The Bertz CT molecular complexity index is 396. The molecule has 1 aromatic heterocycles. The average Bonchev–Trinajstić information content (AvgIpc) is 2.97. The zero-order chi connectivity index (χ0) is 12.4. The molecule has 4 nitrogen and oxygen atoms in total. The van der Waals surface area contributed by atoms with E-state index in [1.807, 2.05) is 12.1 Å². The molecule has 3 rings (SSSR count). The van der Waals surface area contributed by atoms with Crippen LogP contribution in [0.3, 0.4) is 0 Å². The van der Waals surface area contributed by atoms with E-state index in [0.717, 1.165) is 35.8 Å². The van der Waals surface area contributed by atoms with Crippen molar-refractivity contribution in [3.8, 4) is 0 Å². The molecule has 0 amide bonds. The van der Waals surface area contributed by atoms with Crippen molar-refractivity contribution < 1.29 is 9.15 Å². The number of fused-ring (bicyclic) bond motifs is 1. The van der Waals surface area contributed by atoms with Crippen molar-refractivity contribution in [2.24, 2.45) is 0 Å². The summed E-state index contributed by atoms with van der Waals surface area (Å²) in [6.07, 6.45) is 2.97. The molecule has 0 aromatic carbocycles. The van der Waals surface area contributed by atoms with Gasteiger partial charge in [0, 0.05) is 19.1 Å². The van der Waals surface area contributed by atoms with Crippen molar-refractivity contribution in [2.75, 3.05) is 26.2 Å². The number of ether oxygens (including phenoxy) is 1. The van der Waals surface area contributed by atoms with Gasteiger partial charge in [0.05, 0.1) is 19.3 Å². The Morgan fingerprint density at radius 2 is 2.39 bits per heavy atom. The third-order valence-electron chi connectivity index (χ3n) is 3.76. The second-order valence-corrected chi connectivity index (χ2v) is 6.15. The van der Waals surface area contributed by atoms with Crippen LogP contribution in [0.1, 0.15) is 18.6 Å². The van der Waals surface area contributed by atoms with Gasteiger partial charge in [0.1, 0.15) is 5.76 Å². The SMILES string of the molecule is Ic1ccc(CNCC2CN3CCCC3CO2)o1. The lowest BCUT2D eigenvalue weighted by molar-refractivity contribution is -0.0471. The fraction of sp³-hybridized carbons (Fsp3) is 0.692. The molecule has 100 valence electrons. The summed E-state index contributed by atoms with van der Waals surface area (Å²) in [6.45, 7) is 4.92. The molecule has 0 aliphatic carbocycles. The Labute approximate surface area is 121 Å². The molecule has 1 N–H and O–H groups in total. The van der Waals surface area contributed by atoms with E-state index in [0.29, 0.717) is 12.1 Å². The largest absolute Gasteiger partial charge is 0.454 e. The predicted molar refractivity (Wildman–Crippen MR) is 77.5 cm³/mol. The van der Waals surface area contributed by atoms with E-state index >= 15 is 0 Å². The summed E-state index contributed by atoms with van der Waals surface area (Å²) in [6, 6.07) is 4.70. The monoisotopic (exact) mass is 362 g/mol. The first-order valence-corrected chi connectivity index (χ1v) is 7.70. The molecule has 0 bridgehead atoms. The van der Waals surface area contributed by atoms with Crippen molar-refractivity contribution >= 4 is 22.6 Å². The van der Waals surface area contributed by atoms with Gasteiger partial charge in [-0.05, 0) is 54.1 Å². The van der Waals surface area contributed by atoms with Gasteiger partial charge in [0.25, 0.3) is 0 Å². The molecule has 0 saturated carbocycles. The summed E-state index contributed by atoms with van der Waals surface area (Å²) in [4.78, 5) is 2.58. The second-order valence-electron chi connectivity index (χ2n) is 5.08. The highest BCUT2D eigenvalue weighted by molar-refractivity contribution is 14.1. The number of furan rings is 1. The minimum atomic E-state index is 0.327. The molecule has 2 aliphatic heterocycles. The standard InChI is InChI=1S/C13H19IN2O2/c14-13-4-3-11(18-13)6-15-7-12-8-16-5-1-2-10(16)9-17-12/h3-4,10,12,15H,1-2,5-9H2. The van der Waals surface area contributed by atoms with Crippen LogP contribution in [0.4, 0.5) is 0 Å². The second kappa shape index (κ2) is 5.90. The van der Waals surface area contributed by atoms with Gasteiger partial charge in [-0.25, -0.2) is 0 Å². The van der Waals surface area contributed by atoms with Gasteiger partial charge in [-0.2, -0.15) is 0 Å². The number of rotatable bonds is 4. The Balaban J connectivity index is 1.41. The molecule has 2 aliphatic rings. The van der Waals surface area contributed by atoms with E-state index in [1.54, 1.807) is 0 Å². The van der Waals surface area contributed by atoms with Gasteiger partial charge in [-0.3, -0.25) is 4.90 Å². The molecule has 2 unspecified atom stereocenters. The number of halogens is 1. The van der Waals surface area contributed by atoms with Gasteiger partial charge < -0.3 is 14.5 Å². The molecule has 18 heavy (non-hydrogen) atoms. The van der Waals surface area contributed by atoms with Gasteiger partial charge in [-0.15, -0.1) is 0 Å². The Kier molecular flexibility index (Phi) is 4.23. The van der Waals surface area contributed by atoms with Crippen LogP contribution in [0.15, 0.2) is 16.5 Å². The molecular formula is C13H19IN2O2. The van der Waals surface area contributed by atoms with Crippen molar-refractivity contribution in [3.63, 3.8) is 0 Å². The number of hydrogen-bond donors (Lipinski definition) is 1. The van der Waals surface area contributed by atoms with E-state index in [1.165, 1.54) is 19.4 Å². The predicted octanol–water partition coefficient (Wildman–Crippen LogP) is 1.84. The molecule has 0 spiro atoms. The van der Waals surface area contributed by atoms with Crippen molar-refractivity contribution in [2.45, 2.75) is 31.5 Å². The van der Waals surface area contributed by atoms with Crippen molar-refractivity contribution in [1.82, 2.24) is 10.2 Å². The van der Waals surface area contributed by atoms with Gasteiger partial charge in [0.15, 0.2) is 3.77 Å². The highest BCUT2D eigenvalue weighted by atomic mass is 127. The van der Waals surface area contributed by atoms with Crippen LogP contribution in [-0.2, 0) is 11.3 Å². The maximum Gasteiger partial charge on any atom is 0.164 e. The first-order valence-electron chi connectivity index (χ1n) is 6.62. The average molecular weight is 362 g/mol. The van der Waals surface area contributed by atoms with E-state index in [9.17, 15) is 0 Å². The third kappa shape index (κ3) is 3.07. The maximum absolute atomic E-state index is 5.90. The van der Waals surface area contributed by atoms with Crippen LogP contribution in [0.25, 0.3) is 0 Å². The van der Waals surface area contributed by atoms with E-state index in [-0.39, 0.29) is 0 Å². The van der Waals surface area contributed by atoms with Gasteiger partial charge in [-0.1, -0.05) is 0 Å². The van der Waals surface area contributed by atoms with Crippen molar-refractivity contribution in [1.29, 1.82) is 0 Å². The Morgan fingerprint density at radius 3 is 3.22 bits per heavy atom. The summed E-state index contributed by atoms with van der Waals surface area (Å²) in [5.74, 6) is 0.995. The van der Waals surface area contributed by atoms with E-state index in [4.69, 9.17) is 9.15 Å². The first-order chi connectivity index (χ1) is 8.81. The fourth-order valence-electron chi connectivity index (χ4n) is 2.81. The molecule has 2 fully saturated rings. The number of nitrogens with zero attached hydrogens (tertiary/aromatic N) is 1. The molecule has 0 radical (unpaired) electrons. The minimum absolute atomic E-state index is 0.327. The summed E-state index contributed by atoms with van der Waals surface area (Å²) in [7, 11) is 0. The smallest absolute Gasteiger partial charge is 0.164 e. The van der Waals surface area contributed by atoms with Crippen LogP contribution in [0, 0.1) is 3.77 Å². The molecule has 5 heteroatoms. The number of hydrogen-bond acceptors (Lipinski definition) is 4. The van der Waals surface area contributed by atoms with Crippen LogP contribution in [0.5, 0.6) is 0 Å². The van der Waals surface area contributed by atoms with E-state index < -0.39 is 0 Å². The zero-order valence-corrected chi connectivity index (χ0v) is 12.6. The lowest BCUT2D eigenvalue weighted by Crippen LogP contribution is -2.49. The zero-order valence-electron chi connectivity index (χ0n) is 10.4. The topological polar surface area (TPSA) is 37.6 Å². The van der Waals surface area contributed by atoms with E-state index in [2.05, 4.69) is 32.8 Å². The van der Waals surface area contributed by atoms with Gasteiger partial charge >= 0.3 is 0 Å². The molecule has 3 heterocycles. The summed E-state index contributed by atoms with van der Waals surface area (Å²) in [5.41, 5.74) is 0. The quantitative estimate of drug-likeness (QED) is 0.830. The normalized spacial score (nSPS) is 28.5. The van der Waals surface area contributed by atoms with Crippen molar-refractivity contribution in [3.05, 3.63) is 21.7 Å². The minimum Gasteiger partial charge on any atom is -0.454 e. The van der Waals surface area contributed by atoms with Crippen LogP contribution < -0.4 is 5.32 Å². The molecular weight excluding hydrogens is 343 g/mol. The lowest BCUT2D eigenvalue weighted by Gasteiger charge is -2.35. The summed E-state index contributed by atoms with van der Waals surface area (Å²) >= 11 is 2.19. The van der Waals surface area contributed by atoms with Crippen LogP contribution in [-0.4, -0.2) is 43.3 Å². The molecule has 2 atom stereocenters. The molecule has 2 saturated heterocycles. The number of morpholine rings is 1. The van der Waals surface area contributed by atoms with Crippen LogP contribution >= 0.6 is 22.6 Å². The number of nitrogens with one attached hydrogen (secondary N) is 1. The first kappa shape index (κ1) is 12.9. The maximum atomic E-state index is 5.90. The Morgan fingerprint density at radius 1 is 1.44 bits per heavy atom. The summed E-state index contributed by atoms with van der Waals surface area (Å²) in [5, 5.41) is 3.42. The highest BCUT2D eigenvalue weighted by Crippen LogP contribution is 2.22. The third-order valence-corrected chi connectivity index (χ3v) is 4.34. The van der Waals surface area contributed by atoms with Crippen LogP contribution in [0.2, 0.25) is 0 Å². The Hall–Kier alpha value is -0.110. The van der Waals surface area contributed by atoms with Gasteiger partial charge in [0.2, 0.25) is 0 Å². The fourth-order valence-corrected chi connectivity index (χ4v) is 3.27. The lowest BCUT2D eigenvalue weighted by atomic mass is 10.2. The highest BCUT2D eigenvalue weighted by Gasteiger charge is 2.31. The molecule has 1 aromatic rings. The summed E-state index contributed by atoms with van der Waals surface area (Å²) < 4.78 is 12.4.